The summed E-state index contributed by atoms with van der Waals surface area (Å²) in [6.45, 7) is 3.82. The molecule has 2 aliphatic rings. The van der Waals surface area contributed by atoms with E-state index in [2.05, 4.69) is 10.2 Å². The summed E-state index contributed by atoms with van der Waals surface area (Å²) in [5, 5.41) is 3.17. The molecule has 0 bridgehead atoms. The molecular formula is C15H29N3O. The number of carbonyl (C=O) groups is 1. The lowest BCUT2D eigenvalue weighted by atomic mass is 9.84. The fraction of sp³-hybridized carbons (Fsp3) is 0.933. The van der Waals surface area contributed by atoms with E-state index in [0.29, 0.717) is 18.9 Å². The van der Waals surface area contributed by atoms with Gasteiger partial charge in [0.2, 0.25) is 5.91 Å². The van der Waals surface area contributed by atoms with Crippen molar-refractivity contribution in [1.82, 2.24) is 10.2 Å². The molecule has 4 nitrogen and oxygen atoms in total. The molecular weight excluding hydrogens is 238 g/mol. The van der Waals surface area contributed by atoms with Crippen molar-refractivity contribution in [2.75, 3.05) is 26.2 Å². The molecule has 4 heteroatoms. The molecule has 0 radical (unpaired) electrons. The van der Waals surface area contributed by atoms with E-state index in [4.69, 9.17) is 5.73 Å². The number of nitrogens with zero attached hydrogens (tertiary/aromatic N) is 1. The second kappa shape index (κ2) is 7.85. The Labute approximate surface area is 117 Å². The zero-order chi connectivity index (χ0) is 13.5. The van der Waals surface area contributed by atoms with E-state index in [0.717, 1.165) is 19.6 Å². The predicted octanol–water partition coefficient (Wildman–Crippen LogP) is 1.50. The maximum absolute atomic E-state index is 12.0. The number of hydrogen-bond acceptors (Lipinski definition) is 3. The van der Waals surface area contributed by atoms with Crippen LogP contribution < -0.4 is 11.1 Å². The smallest absolute Gasteiger partial charge is 0.221 e. The zero-order valence-electron chi connectivity index (χ0n) is 12.1. The van der Waals surface area contributed by atoms with Crippen LogP contribution in [0.3, 0.4) is 0 Å². The molecule has 1 atom stereocenters. The fourth-order valence-electron chi connectivity index (χ4n) is 3.45. The van der Waals surface area contributed by atoms with Crippen molar-refractivity contribution in [3.8, 4) is 0 Å². The monoisotopic (exact) mass is 267 g/mol. The number of amides is 1. The molecule has 110 valence electrons. The number of likely N-dealkylation sites (tertiary alicyclic amines) is 1. The van der Waals surface area contributed by atoms with Gasteiger partial charge in [0.15, 0.2) is 0 Å². The molecule has 19 heavy (non-hydrogen) atoms. The minimum Gasteiger partial charge on any atom is -0.352 e. The van der Waals surface area contributed by atoms with Gasteiger partial charge in [0, 0.05) is 25.6 Å². The van der Waals surface area contributed by atoms with E-state index >= 15 is 0 Å². The average Bonchev–Trinajstić information content (AvgIpc) is 2.97. The van der Waals surface area contributed by atoms with Crippen molar-refractivity contribution in [2.24, 2.45) is 11.7 Å². The Morgan fingerprint density at radius 3 is 2.47 bits per heavy atom. The highest BCUT2D eigenvalue weighted by Crippen LogP contribution is 2.26. The van der Waals surface area contributed by atoms with Crippen LogP contribution in [-0.4, -0.2) is 43.0 Å². The Morgan fingerprint density at radius 2 is 1.84 bits per heavy atom. The molecule has 1 aliphatic carbocycles. The third-order valence-electron chi connectivity index (χ3n) is 4.67. The Balaban J connectivity index is 1.69. The van der Waals surface area contributed by atoms with Gasteiger partial charge in [-0.25, -0.2) is 0 Å². The van der Waals surface area contributed by atoms with E-state index in [1.165, 1.54) is 44.9 Å². The lowest BCUT2D eigenvalue weighted by molar-refractivity contribution is -0.122. The van der Waals surface area contributed by atoms with Gasteiger partial charge >= 0.3 is 0 Å². The van der Waals surface area contributed by atoms with Gasteiger partial charge in [-0.2, -0.15) is 0 Å². The van der Waals surface area contributed by atoms with E-state index in [9.17, 15) is 4.79 Å². The topological polar surface area (TPSA) is 58.4 Å². The highest BCUT2D eigenvalue weighted by Gasteiger charge is 2.24. The standard InChI is InChI=1S/C15H29N3O/c16-12-14(13-6-2-1-3-7-13)17-15(19)8-11-18-9-4-5-10-18/h13-14H,1-12,16H2,(H,17,19). The average molecular weight is 267 g/mol. The summed E-state index contributed by atoms with van der Waals surface area (Å²) in [4.78, 5) is 14.4. The van der Waals surface area contributed by atoms with Crippen LogP contribution in [0, 0.1) is 5.92 Å². The molecule has 2 fully saturated rings. The fourth-order valence-corrected chi connectivity index (χ4v) is 3.45. The van der Waals surface area contributed by atoms with Gasteiger partial charge in [-0.1, -0.05) is 19.3 Å². The summed E-state index contributed by atoms with van der Waals surface area (Å²) < 4.78 is 0. The van der Waals surface area contributed by atoms with Crippen LogP contribution >= 0.6 is 0 Å². The second-order valence-electron chi connectivity index (χ2n) is 6.11. The molecule has 1 unspecified atom stereocenters. The molecule has 0 aromatic rings. The lowest BCUT2D eigenvalue weighted by Crippen LogP contribution is -2.46. The number of carbonyl (C=O) groups excluding carboxylic acids is 1. The van der Waals surface area contributed by atoms with Crippen molar-refractivity contribution in [3.05, 3.63) is 0 Å². The van der Waals surface area contributed by atoms with Crippen molar-refractivity contribution >= 4 is 5.91 Å². The van der Waals surface area contributed by atoms with Crippen LogP contribution in [0.1, 0.15) is 51.4 Å². The first kappa shape index (κ1) is 14.8. The molecule has 1 heterocycles. The third-order valence-corrected chi connectivity index (χ3v) is 4.67. The summed E-state index contributed by atoms with van der Waals surface area (Å²) in [5.74, 6) is 0.794. The van der Waals surface area contributed by atoms with Crippen molar-refractivity contribution in [2.45, 2.75) is 57.4 Å². The van der Waals surface area contributed by atoms with Crippen LogP contribution in [0.15, 0.2) is 0 Å². The molecule has 0 aromatic carbocycles. The minimum absolute atomic E-state index is 0.188. The first-order chi connectivity index (χ1) is 9.29. The van der Waals surface area contributed by atoms with Crippen LogP contribution in [-0.2, 0) is 4.79 Å². The van der Waals surface area contributed by atoms with Crippen LogP contribution in [0.25, 0.3) is 0 Å². The minimum atomic E-state index is 0.188. The van der Waals surface area contributed by atoms with E-state index in [1.807, 2.05) is 0 Å². The summed E-state index contributed by atoms with van der Waals surface area (Å²) in [6.07, 6.45) is 9.60. The van der Waals surface area contributed by atoms with Gasteiger partial charge in [-0.15, -0.1) is 0 Å². The van der Waals surface area contributed by atoms with E-state index in [-0.39, 0.29) is 11.9 Å². The Kier molecular flexibility index (Phi) is 6.11. The normalized spacial score (nSPS) is 23.4. The summed E-state index contributed by atoms with van der Waals surface area (Å²) in [5.41, 5.74) is 5.85. The van der Waals surface area contributed by atoms with Gasteiger partial charge in [0.1, 0.15) is 0 Å². The molecule has 1 saturated carbocycles. The van der Waals surface area contributed by atoms with Crippen molar-refractivity contribution in [3.63, 3.8) is 0 Å². The second-order valence-corrected chi connectivity index (χ2v) is 6.11. The highest BCUT2D eigenvalue weighted by atomic mass is 16.1. The Bertz CT molecular complexity index is 271. The molecule has 1 amide bonds. The molecule has 1 aliphatic heterocycles. The van der Waals surface area contributed by atoms with Crippen LogP contribution in [0.2, 0.25) is 0 Å². The number of rotatable bonds is 6. The van der Waals surface area contributed by atoms with Gasteiger partial charge < -0.3 is 16.0 Å². The van der Waals surface area contributed by atoms with Crippen molar-refractivity contribution in [1.29, 1.82) is 0 Å². The molecule has 0 aromatic heterocycles. The SMILES string of the molecule is NCC(NC(=O)CCN1CCCC1)C1CCCCC1. The Hall–Kier alpha value is -0.610. The van der Waals surface area contributed by atoms with Gasteiger partial charge in [0.05, 0.1) is 0 Å². The first-order valence-electron chi connectivity index (χ1n) is 8.01. The zero-order valence-corrected chi connectivity index (χ0v) is 12.1. The van der Waals surface area contributed by atoms with E-state index in [1.54, 1.807) is 0 Å². The summed E-state index contributed by atoms with van der Waals surface area (Å²) in [6, 6.07) is 0.200. The first-order valence-corrected chi connectivity index (χ1v) is 8.01. The lowest BCUT2D eigenvalue weighted by Gasteiger charge is -2.30. The van der Waals surface area contributed by atoms with Crippen molar-refractivity contribution < 1.29 is 4.79 Å². The van der Waals surface area contributed by atoms with Gasteiger partial charge in [-0.3, -0.25) is 4.79 Å². The summed E-state index contributed by atoms with van der Waals surface area (Å²) in [7, 11) is 0. The Morgan fingerprint density at radius 1 is 1.16 bits per heavy atom. The maximum Gasteiger partial charge on any atom is 0.221 e. The molecule has 3 N–H and O–H groups in total. The highest BCUT2D eigenvalue weighted by molar-refractivity contribution is 5.76. The van der Waals surface area contributed by atoms with Gasteiger partial charge in [-0.05, 0) is 44.7 Å². The third kappa shape index (κ3) is 4.77. The van der Waals surface area contributed by atoms with E-state index < -0.39 is 0 Å². The van der Waals surface area contributed by atoms with Crippen LogP contribution in [0.4, 0.5) is 0 Å². The number of hydrogen-bond donors (Lipinski definition) is 2. The maximum atomic E-state index is 12.0. The van der Waals surface area contributed by atoms with Gasteiger partial charge in [0.25, 0.3) is 0 Å². The predicted molar refractivity (Wildman–Crippen MR) is 77.9 cm³/mol. The molecule has 2 rings (SSSR count). The number of nitrogens with two attached hydrogens (primary N) is 1. The summed E-state index contributed by atoms with van der Waals surface area (Å²) >= 11 is 0. The largest absolute Gasteiger partial charge is 0.352 e. The molecule has 1 saturated heterocycles. The van der Waals surface area contributed by atoms with Crippen LogP contribution in [0.5, 0.6) is 0 Å². The quantitative estimate of drug-likeness (QED) is 0.766. The number of nitrogens with one attached hydrogen (secondary N) is 1. The molecule has 0 spiro atoms.